The number of rotatable bonds is 7. The molecule has 0 spiro atoms. The number of nitrogens with zero attached hydrogens (tertiary/aromatic N) is 4. The number of benzene rings is 1. The zero-order chi connectivity index (χ0) is 22.3. The van der Waals surface area contributed by atoms with Gasteiger partial charge in [-0.25, -0.2) is 0 Å². The summed E-state index contributed by atoms with van der Waals surface area (Å²) in [5.41, 5.74) is 6.65. The van der Waals surface area contributed by atoms with Crippen LogP contribution in [0, 0.1) is 5.92 Å². The maximum Gasteiger partial charge on any atom is 0.238 e. The molecule has 2 N–H and O–H groups in total. The van der Waals surface area contributed by atoms with Crippen molar-refractivity contribution in [2.75, 3.05) is 6.54 Å². The topological polar surface area (TPSA) is 103 Å². The van der Waals surface area contributed by atoms with Gasteiger partial charge in [-0.1, -0.05) is 30.7 Å². The average Bonchev–Trinajstić information content (AvgIpc) is 3.18. The third-order valence-corrected chi connectivity index (χ3v) is 6.73. The van der Waals surface area contributed by atoms with Gasteiger partial charge in [-0.15, -0.1) is 10.2 Å². The number of aryl methyl sites for hydroxylation is 1. The van der Waals surface area contributed by atoms with Crippen molar-refractivity contribution in [1.82, 2.24) is 19.5 Å². The van der Waals surface area contributed by atoms with Crippen molar-refractivity contribution in [2.45, 2.75) is 50.7 Å². The number of unbranched alkanes of at least 4 members (excludes halogenated alkanes) is 2. The number of para-hydroxylation sites is 1. The van der Waals surface area contributed by atoms with Gasteiger partial charge in [0.1, 0.15) is 17.5 Å². The van der Waals surface area contributed by atoms with Gasteiger partial charge in [-0.05, 0) is 43.5 Å². The molecular formula is C24H27N5O3. The quantitative estimate of drug-likeness (QED) is 0.456. The molecule has 32 heavy (non-hydrogen) atoms. The summed E-state index contributed by atoms with van der Waals surface area (Å²) in [7, 11) is 0. The first-order valence-electron chi connectivity index (χ1n) is 11.2. The van der Waals surface area contributed by atoms with Gasteiger partial charge in [0, 0.05) is 31.5 Å². The minimum absolute atomic E-state index is 0.228. The minimum atomic E-state index is -0.851. The summed E-state index contributed by atoms with van der Waals surface area (Å²) < 4.78 is 8.30. The molecule has 0 aliphatic carbocycles. The number of carbonyl (C=O) groups is 2. The largest absolute Gasteiger partial charge is 0.468 e. The van der Waals surface area contributed by atoms with Crippen molar-refractivity contribution in [3.8, 4) is 5.75 Å². The molecule has 8 nitrogen and oxygen atoms in total. The highest BCUT2D eigenvalue weighted by Crippen LogP contribution is 2.50. The first-order chi connectivity index (χ1) is 15.5. The van der Waals surface area contributed by atoms with Gasteiger partial charge in [0.25, 0.3) is 0 Å². The van der Waals surface area contributed by atoms with E-state index in [-0.39, 0.29) is 11.8 Å². The molecular weight excluding hydrogens is 406 g/mol. The van der Waals surface area contributed by atoms with E-state index in [2.05, 4.69) is 10.2 Å². The van der Waals surface area contributed by atoms with Gasteiger partial charge in [0.15, 0.2) is 11.4 Å². The van der Waals surface area contributed by atoms with Crippen molar-refractivity contribution in [1.29, 1.82) is 0 Å². The Morgan fingerprint density at radius 2 is 1.97 bits per heavy atom. The number of nitrogens with two attached hydrogens (primary N) is 1. The van der Waals surface area contributed by atoms with E-state index in [4.69, 9.17) is 10.5 Å². The Morgan fingerprint density at radius 3 is 2.81 bits per heavy atom. The molecule has 0 radical (unpaired) electrons. The van der Waals surface area contributed by atoms with Gasteiger partial charge in [-0.3, -0.25) is 14.0 Å². The predicted octanol–water partition coefficient (Wildman–Crippen LogP) is 2.67. The molecule has 2 aliphatic rings. The third-order valence-electron chi connectivity index (χ3n) is 6.73. The van der Waals surface area contributed by atoms with Crippen LogP contribution >= 0.6 is 0 Å². The molecule has 5 rings (SSSR count). The van der Waals surface area contributed by atoms with Crippen molar-refractivity contribution >= 4 is 17.5 Å². The number of carbonyl (C=O) groups excluding carboxylic acids is 2. The van der Waals surface area contributed by atoms with Gasteiger partial charge >= 0.3 is 0 Å². The van der Waals surface area contributed by atoms with Crippen molar-refractivity contribution in [3.05, 3.63) is 60.0 Å². The van der Waals surface area contributed by atoms with E-state index in [9.17, 15) is 9.59 Å². The Kier molecular flexibility index (Phi) is 5.07. The van der Waals surface area contributed by atoms with E-state index in [0.29, 0.717) is 13.0 Å². The fourth-order valence-corrected chi connectivity index (χ4v) is 5.17. The van der Waals surface area contributed by atoms with Crippen LogP contribution in [-0.2, 0) is 16.0 Å². The summed E-state index contributed by atoms with van der Waals surface area (Å²) in [5, 5.41) is 8.46. The summed E-state index contributed by atoms with van der Waals surface area (Å²) in [6.45, 7) is 2.46. The molecule has 2 aliphatic heterocycles. The third kappa shape index (κ3) is 3.39. The van der Waals surface area contributed by atoms with E-state index in [1.54, 1.807) is 4.90 Å². The Hall–Kier alpha value is -3.42. The molecule has 3 aromatic rings. The molecule has 1 aromatic carbocycles. The molecule has 2 bridgehead atoms. The van der Waals surface area contributed by atoms with Crippen LogP contribution < -0.4 is 10.5 Å². The number of hydrogen-bond acceptors (Lipinski definition) is 5. The van der Waals surface area contributed by atoms with Gasteiger partial charge in [0.05, 0.1) is 0 Å². The lowest BCUT2D eigenvalue weighted by atomic mass is 9.73. The number of aromatic nitrogens is 3. The molecule has 8 heteroatoms. The van der Waals surface area contributed by atoms with Gasteiger partial charge in [-0.2, -0.15) is 0 Å². The standard InChI is InChI=1S/C24H27N5O3/c1-24-15-17(16-9-4-5-10-18(16)32-24)21(22(25)30)23(31)29(24)14-7-2-3-11-19-26-27-20-12-6-8-13-28(19)20/h4-6,8-10,12-13,17,21H,2-3,7,11,14-15H2,1H3,(H2,25,30)/t17-,21+,24-/m0/s1. The van der Waals surface area contributed by atoms with Crippen molar-refractivity contribution in [3.63, 3.8) is 0 Å². The maximum absolute atomic E-state index is 13.3. The van der Waals surface area contributed by atoms with E-state index in [1.807, 2.05) is 60.0 Å². The average molecular weight is 434 g/mol. The van der Waals surface area contributed by atoms with Crippen LogP contribution in [0.5, 0.6) is 5.75 Å². The molecule has 1 fully saturated rings. The Morgan fingerprint density at radius 1 is 1.16 bits per heavy atom. The number of ether oxygens (including phenoxy) is 1. The van der Waals surface area contributed by atoms with Crippen LogP contribution in [0.25, 0.3) is 5.65 Å². The number of likely N-dealkylation sites (tertiary alicyclic amines) is 1. The molecule has 2 aromatic heterocycles. The van der Waals surface area contributed by atoms with Crippen LogP contribution in [0.2, 0.25) is 0 Å². The van der Waals surface area contributed by atoms with Crippen LogP contribution in [0.4, 0.5) is 0 Å². The number of pyridine rings is 1. The molecule has 0 unspecified atom stereocenters. The molecule has 3 atom stereocenters. The van der Waals surface area contributed by atoms with Gasteiger partial charge < -0.3 is 15.4 Å². The number of hydrogen-bond donors (Lipinski definition) is 1. The van der Waals surface area contributed by atoms with E-state index >= 15 is 0 Å². The summed E-state index contributed by atoms with van der Waals surface area (Å²) in [5.74, 6) is -0.223. The highest BCUT2D eigenvalue weighted by atomic mass is 16.5. The Balaban J connectivity index is 1.26. The second kappa shape index (κ2) is 7.93. The number of primary amides is 1. The number of piperidine rings is 1. The van der Waals surface area contributed by atoms with Crippen LogP contribution in [0.15, 0.2) is 48.7 Å². The zero-order valence-electron chi connectivity index (χ0n) is 18.1. The molecule has 1 saturated heterocycles. The molecule has 2 amide bonds. The normalized spacial score (nSPS) is 24.3. The predicted molar refractivity (Wildman–Crippen MR) is 118 cm³/mol. The fourth-order valence-electron chi connectivity index (χ4n) is 5.17. The van der Waals surface area contributed by atoms with Crippen molar-refractivity contribution < 1.29 is 14.3 Å². The van der Waals surface area contributed by atoms with E-state index < -0.39 is 17.6 Å². The minimum Gasteiger partial charge on any atom is -0.468 e. The lowest BCUT2D eigenvalue weighted by molar-refractivity contribution is -0.175. The lowest BCUT2D eigenvalue weighted by Gasteiger charge is -2.52. The molecule has 0 saturated carbocycles. The lowest BCUT2D eigenvalue weighted by Crippen LogP contribution is -2.64. The van der Waals surface area contributed by atoms with Gasteiger partial charge in [0.2, 0.25) is 11.8 Å². The SMILES string of the molecule is C[C@@]12C[C@@H](c3ccccc3O1)[C@H](C(N)=O)C(=O)N2CCCCCc1nnc2ccccn12. The second-order valence-corrected chi connectivity index (χ2v) is 8.85. The monoisotopic (exact) mass is 433 g/mol. The van der Waals surface area contributed by atoms with Crippen LogP contribution in [0.1, 0.15) is 49.9 Å². The number of amides is 2. The highest BCUT2D eigenvalue weighted by molar-refractivity contribution is 6.01. The second-order valence-electron chi connectivity index (χ2n) is 8.85. The summed E-state index contributed by atoms with van der Waals surface area (Å²) >= 11 is 0. The summed E-state index contributed by atoms with van der Waals surface area (Å²) in [4.78, 5) is 27.3. The van der Waals surface area contributed by atoms with Crippen molar-refractivity contribution in [2.24, 2.45) is 11.7 Å². The summed E-state index contributed by atoms with van der Waals surface area (Å²) in [6, 6.07) is 13.5. The van der Waals surface area contributed by atoms with E-state index in [0.717, 1.165) is 48.5 Å². The van der Waals surface area contributed by atoms with Crippen LogP contribution in [0.3, 0.4) is 0 Å². The van der Waals surface area contributed by atoms with Crippen LogP contribution in [-0.4, -0.2) is 43.6 Å². The first kappa shape index (κ1) is 20.5. The Bertz CT molecular complexity index is 1180. The van der Waals surface area contributed by atoms with E-state index in [1.165, 1.54) is 0 Å². The highest BCUT2D eigenvalue weighted by Gasteiger charge is 2.55. The number of fused-ring (bicyclic) bond motifs is 5. The maximum atomic E-state index is 13.3. The molecule has 166 valence electrons. The first-order valence-corrected chi connectivity index (χ1v) is 11.2. The summed E-state index contributed by atoms with van der Waals surface area (Å²) in [6.07, 6.45) is 6.00. The molecule has 4 heterocycles. The smallest absolute Gasteiger partial charge is 0.238 e. The fraction of sp³-hybridized carbons (Fsp3) is 0.417. The zero-order valence-corrected chi connectivity index (χ0v) is 18.1. The Labute approximate surface area is 186 Å².